The predicted octanol–water partition coefficient (Wildman–Crippen LogP) is 2.77. The first-order valence-corrected chi connectivity index (χ1v) is 5.17. The van der Waals surface area contributed by atoms with Gasteiger partial charge in [-0.2, -0.15) is 0 Å². The van der Waals surface area contributed by atoms with Crippen LogP contribution < -0.4 is 5.63 Å². The predicted molar refractivity (Wildman–Crippen MR) is 61.6 cm³/mol. The number of rotatable bonds is 1. The van der Waals surface area contributed by atoms with Crippen molar-refractivity contribution in [1.82, 2.24) is 0 Å². The SMILES string of the molecule is Cc1c(Br)c(=O)oc2ccc([N+](=O)[O-])cc12. The second kappa shape index (κ2) is 3.71. The third-order valence-electron chi connectivity index (χ3n) is 2.29. The van der Waals surface area contributed by atoms with Gasteiger partial charge in [0.25, 0.3) is 5.69 Å². The molecule has 0 saturated heterocycles. The summed E-state index contributed by atoms with van der Waals surface area (Å²) < 4.78 is 5.28. The molecule has 0 saturated carbocycles. The molecule has 0 atom stereocenters. The number of hydrogen-bond acceptors (Lipinski definition) is 4. The zero-order valence-corrected chi connectivity index (χ0v) is 9.78. The monoisotopic (exact) mass is 283 g/mol. The Bertz CT molecular complexity index is 647. The minimum atomic E-state index is -0.488. The fourth-order valence-corrected chi connectivity index (χ4v) is 1.72. The van der Waals surface area contributed by atoms with Gasteiger partial charge in [0.15, 0.2) is 0 Å². The molecule has 5 nitrogen and oxygen atoms in total. The van der Waals surface area contributed by atoms with Gasteiger partial charge >= 0.3 is 5.63 Å². The molecule has 0 fully saturated rings. The first-order chi connectivity index (χ1) is 7.50. The van der Waals surface area contributed by atoms with Crippen molar-refractivity contribution < 1.29 is 9.34 Å². The molecular formula is C10H6BrNO4. The van der Waals surface area contributed by atoms with E-state index < -0.39 is 10.5 Å². The number of fused-ring (bicyclic) bond motifs is 1. The molecule has 2 aromatic rings. The van der Waals surface area contributed by atoms with E-state index in [9.17, 15) is 14.9 Å². The van der Waals surface area contributed by atoms with Crippen molar-refractivity contribution >= 4 is 32.6 Å². The van der Waals surface area contributed by atoms with Gasteiger partial charge in [-0.05, 0) is 34.5 Å². The molecule has 1 aromatic carbocycles. The molecule has 6 heteroatoms. The molecule has 0 aliphatic heterocycles. The smallest absolute Gasteiger partial charge is 0.350 e. The van der Waals surface area contributed by atoms with E-state index in [2.05, 4.69) is 15.9 Å². The summed E-state index contributed by atoms with van der Waals surface area (Å²) in [7, 11) is 0. The first kappa shape index (κ1) is 10.8. The van der Waals surface area contributed by atoms with Gasteiger partial charge in [0.05, 0.1) is 4.92 Å². The van der Waals surface area contributed by atoms with Crippen molar-refractivity contribution in [3.63, 3.8) is 0 Å². The first-order valence-electron chi connectivity index (χ1n) is 4.38. The van der Waals surface area contributed by atoms with Crippen LogP contribution in [0.3, 0.4) is 0 Å². The number of nitro benzene ring substituents is 1. The Morgan fingerprint density at radius 1 is 1.44 bits per heavy atom. The topological polar surface area (TPSA) is 73.3 Å². The molecule has 0 unspecified atom stereocenters. The Morgan fingerprint density at radius 3 is 2.75 bits per heavy atom. The molecule has 0 aliphatic carbocycles. The Balaban J connectivity index is 2.88. The summed E-state index contributed by atoms with van der Waals surface area (Å²) in [5.74, 6) is 0. The van der Waals surface area contributed by atoms with Crippen LogP contribution in [0.1, 0.15) is 5.56 Å². The number of nitro groups is 1. The second-order valence-electron chi connectivity index (χ2n) is 3.27. The van der Waals surface area contributed by atoms with E-state index in [1.165, 1.54) is 18.2 Å². The average molecular weight is 284 g/mol. The van der Waals surface area contributed by atoms with E-state index in [0.29, 0.717) is 21.0 Å². The molecule has 0 N–H and O–H groups in total. The molecule has 16 heavy (non-hydrogen) atoms. The second-order valence-corrected chi connectivity index (χ2v) is 4.06. The van der Waals surface area contributed by atoms with Crippen molar-refractivity contribution in [3.8, 4) is 0 Å². The third-order valence-corrected chi connectivity index (χ3v) is 3.21. The summed E-state index contributed by atoms with van der Waals surface area (Å²) in [6.07, 6.45) is 0. The molecule has 0 radical (unpaired) electrons. The van der Waals surface area contributed by atoms with E-state index in [1.54, 1.807) is 6.92 Å². The van der Waals surface area contributed by atoms with Gasteiger partial charge in [0.1, 0.15) is 10.1 Å². The number of nitrogens with zero attached hydrogens (tertiary/aromatic N) is 1. The van der Waals surface area contributed by atoms with Crippen molar-refractivity contribution in [1.29, 1.82) is 0 Å². The number of hydrogen-bond donors (Lipinski definition) is 0. The molecule has 1 heterocycles. The van der Waals surface area contributed by atoms with Crippen LogP contribution in [0.2, 0.25) is 0 Å². The summed E-state index contributed by atoms with van der Waals surface area (Å²) >= 11 is 3.09. The van der Waals surface area contributed by atoms with Gasteiger partial charge in [-0.25, -0.2) is 4.79 Å². The summed E-state index contributed by atoms with van der Waals surface area (Å²) in [5, 5.41) is 11.2. The van der Waals surface area contributed by atoms with E-state index in [0.717, 1.165) is 0 Å². The summed E-state index contributed by atoms with van der Waals surface area (Å²) in [6, 6.07) is 4.12. The Hall–Kier alpha value is -1.69. The Morgan fingerprint density at radius 2 is 2.12 bits per heavy atom. The summed E-state index contributed by atoms with van der Waals surface area (Å²) in [5.41, 5.74) is 0.460. The van der Waals surface area contributed by atoms with Crippen LogP contribution in [0, 0.1) is 17.0 Å². The highest BCUT2D eigenvalue weighted by molar-refractivity contribution is 9.10. The number of halogens is 1. The maximum atomic E-state index is 11.3. The zero-order chi connectivity index (χ0) is 11.9. The molecule has 2 rings (SSSR count). The van der Waals surface area contributed by atoms with Crippen molar-refractivity contribution in [2.45, 2.75) is 6.92 Å². The van der Waals surface area contributed by atoms with Crippen molar-refractivity contribution in [3.05, 3.63) is 48.8 Å². The number of aryl methyl sites for hydroxylation is 1. The Labute approximate surface area is 98.0 Å². The molecule has 0 bridgehead atoms. The van der Waals surface area contributed by atoms with Crippen LogP contribution in [0.25, 0.3) is 11.0 Å². The van der Waals surface area contributed by atoms with E-state index >= 15 is 0 Å². The van der Waals surface area contributed by atoms with Crippen LogP contribution in [0.15, 0.2) is 31.9 Å². The van der Waals surface area contributed by atoms with Gasteiger partial charge in [0, 0.05) is 17.5 Å². The lowest BCUT2D eigenvalue weighted by Crippen LogP contribution is -2.02. The van der Waals surface area contributed by atoms with Crippen LogP contribution in [0.5, 0.6) is 0 Å². The fourth-order valence-electron chi connectivity index (χ4n) is 1.43. The normalized spacial score (nSPS) is 10.6. The third kappa shape index (κ3) is 1.61. The van der Waals surface area contributed by atoms with Crippen LogP contribution in [0.4, 0.5) is 5.69 Å². The lowest BCUT2D eigenvalue weighted by molar-refractivity contribution is -0.384. The summed E-state index contributed by atoms with van der Waals surface area (Å²) in [6.45, 7) is 1.70. The maximum absolute atomic E-state index is 11.3. The lowest BCUT2D eigenvalue weighted by Gasteiger charge is -2.02. The number of non-ortho nitro benzene ring substituents is 1. The fraction of sp³-hybridized carbons (Fsp3) is 0.100. The standard InChI is InChI=1S/C10H6BrNO4/c1-5-7-4-6(12(14)15)2-3-8(7)16-10(13)9(5)11/h2-4H,1H3. The minimum Gasteiger partial charge on any atom is -0.422 e. The quantitative estimate of drug-likeness (QED) is 0.458. The van der Waals surface area contributed by atoms with Crippen molar-refractivity contribution in [2.75, 3.05) is 0 Å². The van der Waals surface area contributed by atoms with Crippen LogP contribution in [-0.2, 0) is 0 Å². The van der Waals surface area contributed by atoms with E-state index in [4.69, 9.17) is 4.42 Å². The lowest BCUT2D eigenvalue weighted by atomic mass is 10.1. The van der Waals surface area contributed by atoms with Crippen LogP contribution in [-0.4, -0.2) is 4.92 Å². The van der Waals surface area contributed by atoms with Gasteiger partial charge < -0.3 is 4.42 Å². The maximum Gasteiger partial charge on any atom is 0.350 e. The highest BCUT2D eigenvalue weighted by Gasteiger charge is 2.12. The highest BCUT2D eigenvalue weighted by Crippen LogP contribution is 2.26. The van der Waals surface area contributed by atoms with Gasteiger partial charge in [-0.1, -0.05) is 0 Å². The highest BCUT2D eigenvalue weighted by atomic mass is 79.9. The van der Waals surface area contributed by atoms with Crippen LogP contribution >= 0.6 is 15.9 Å². The van der Waals surface area contributed by atoms with E-state index in [1.807, 2.05) is 0 Å². The Kier molecular flexibility index (Phi) is 2.51. The molecule has 1 aromatic heterocycles. The molecule has 0 amide bonds. The van der Waals surface area contributed by atoms with Gasteiger partial charge in [-0.15, -0.1) is 0 Å². The molecule has 82 valence electrons. The van der Waals surface area contributed by atoms with Gasteiger partial charge in [-0.3, -0.25) is 10.1 Å². The van der Waals surface area contributed by atoms with Gasteiger partial charge in [0.2, 0.25) is 0 Å². The number of benzene rings is 1. The molecule has 0 spiro atoms. The van der Waals surface area contributed by atoms with E-state index in [-0.39, 0.29) is 5.69 Å². The van der Waals surface area contributed by atoms with Crippen molar-refractivity contribution in [2.24, 2.45) is 0 Å². The minimum absolute atomic E-state index is 0.0312. The molecule has 0 aliphatic rings. The zero-order valence-electron chi connectivity index (χ0n) is 8.19. The summed E-state index contributed by atoms with van der Waals surface area (Å²) in [4.78, 5) is 21.4. The average Bonchev–Trinajstić information content (AvgIpc) is 2.25. The molecular weight excluding hydrogens is 278 g/mol. The largest absolute Gasteiger partial charge is 0.422 e.